The Kier molecular flexibility index (Phi) is 12.0. The van der Waals surface area contributed by atoms with Crippen molar-refractivity contribution in [3.63, 3.8) is 0 Å². The SMILES string of the molecule is CCCCCCCOc1ccc(-c2cnc(-c3ccc(C[C@H](NC(=O)c4ccc(C(C)(C)C)s4)C(=O)N[C@H]4C[C@H](N)C4)cc3)nc2)cc1. The second-order valence-electron chi connectivity index (χ2n) is 13.9. The molecule has 2 aromatic heterocycles. The van der Waals surface area contributed by atoms with Gasteiger partial charge in [0.1, 0.15) is 11.8 Å². The van der Waals surface area contributed by atoms with Crippen LogP contribution in [0.3, 0.4) is 0 Å². The number of carbonyl (C=O) groups excluding carboxylic acids is 2. The number of ether oxygens (including phenoxy) is 1. The van der Waals surface area contributed by atoms with Crippen LogP contribution in [-0.2, 0) is 16.6 Å². The smallest absolute Gasteiger partial charge is 0.262 e. The van der Waals surface area contributed by atoms with Crippen molar-refractivity contribution >= 4 is 23.2 Å². The van der Waals surface area contributed by atoms with E-state index < -0.39 is 6.04 Å². The van der Waals surface area contributed by atoms with Crippen molar-refractivity contribution in [1.29, 1.82) is 0 Å². The number of aromatic nitrogens is 2. The Bertz CT molecular complexity index is 1620. The molecule has 1 fully saturated rings. The molecule has 9 heteroatoms. The van der Waals surface area contributed by atoms with Gasteiger partial charge >= 0.3 is 0 Å². The number of carbonyl (C=O) groups is 2. The van der Waals surface area contributed by atoms with Gasteiger partial charge in [0.15, 0.2) is 5.82 Å². The molecule has 8 nitrogen and oxygen atoms in total. The average Bonchev–Trinajstić information content (AvgIpc) is 3.58. The summed E-state index contributed by atoms with van der Waals surface area (Å²) in [6.45, 7) is 9.32. The lowest BCUT2D eigenvalue weighted by molar-refractivity contribution is -0.124. The normalized spacial score (nSPS) is 16.5. The molecule has 0 aliphatic heterocycles. The van der Waals surface area contributed by atoms with Crippen LogP contribution < -0.4 is 21.1 Å². The number of nitrogens with one attached hydrogen (secondary N) is 2. The van der Waals surface area contributed by atoms with E-state index in [2.05, 4.69) is 48.3 Å². The largest absolute Gasteiger partial charge is 0.494 e. The third-order valence-electron chi connectivity index (χ3n) is 8.72. The predicted octanol–water partition coefficient (Wildman–Crippen LogP) is 7.47. The Morgan fingerprint density at radius 2 is 1.56 bits per heavy atom. The van der Waals surface area contributed by atoms with Crippen LogP contribution >= 0.6 is 11.3 Å². The van der Waals surface area contributed by atoms with Crippen LogP contribution in [0.5, 0.6) is 5.75 Å². The summed E-state index contributed by atoms with van der Waals surface area (Å²) in [6, 6.07) is 19.1. The summed E-state index contributed by atoms with van der Waals surface area (Å²) in [5.74, 6) is 1.05. The molecular formula is C39H49N5O3S. The Morgan fingerprint density at radius 3 is 2.19 bits per heavy atom. The third-order valence-corrected chi connectivity index (χ3v) is 10.2. The number of rotatable bonds is 15. The topological polar surface area (TPSA) is 119 Å². The molecule has 1 atom stereocenters. The molecule has 254 valence electrons. The summed E-state index contributed by atoms with van der Waals surface area (Å²) < 4.78 is 5.90. The molecule has 2 aromatic carbocycles. The number of thiophene rings is 1. The summed E-state index contributed by atoms with van der Waals surface area (Å²) in [4.78, 5) is 37.6. The van der Waals surface area contributed by atoms with Crippen molar-refractivity contribution in [2.75, 3.05) is 6.61 Å². The third kappa shape index (κ3) is 9.73. The first-order valence-electron chi connectivity index (χ1n) is 17.2. The first-order chi connectivity index (χ1) is 23.1. The molecule has 0 spiro atoms. The standard InChI is InChI=1S/C39H49N5O3S/c1-5-6-7-8-9-20-47-32-16-14-27(15-17-32)29-24-41-36(42-25-29)28-12-10-26(11-13-28)21-33(37(45)43-31-22-30(40)23-31)44-38(46)34-18-19-35(48-34)39(2,3)4/h10-19,24-25,30-31,33H,5-9,20-23,40H2,1-4H3,(H,43,45)(H,44,46)/t30-,31-,33-/m0/s1. The fourth-order valence-electron chi connectivity index (χ4n) is 5.67. The Labute approximate surface area is 288 Å². The van der Waals surface area contributed by atoms with Gasteiger partial charge in [0.25, 0.3) is 5.91 Å². The molecule has 1 aliphatic carbocycles. The van der Waals surface area contributed by atoms with Crippen molar-refractivity contribution < 1.29 is 14.3 Å². The van der Waals surface area contributed by atoms with E-state index in [9.17, 15) is 9.59 Å². The van der Waals surface area contributed by atoms with Crippen LogP contribution in [-0.4, -0.2) is 46.5 Å². The Morgan fingerprint density at radius 1 is 0.896 bits per heavy atom. The van der Waals surface area contributed by atoms with Crippen molar-refractivity contribution in [3.8, 4) is 28.3 Å². The lowest BCUT2D eigenvalue weighted by Crippen LogP contribution is -2.56. The molecule has 1 saturated carbocycles. The van der Waals surface area contributed by atoms with Crippen molar-refractivity contribution in [2.45, 2.75) is 103 Å². The number of hydrogen-bond acceptors (Lipinski definition) is 7. The van der Waals surface area contributed by atoms with Crippen molar-refractivity contribution in [1.82, 2.24) is 20.6 Å². The number of nitrogens with two attached hydrogens (primary N) is 1. The first kappa shape index (κ1) is 35.2. The van der Waals surface area contributed by atoms with E-state index in [0.29, 0.717) is 17.1 Å². The van der Waals surface area contributed by atoms with E-state index in [1.807, 2.05) is 73.1 Å². The van der Waals surface area contributed by atoms with Gasteiger partial charge in [-0.05, 0) is 60.1 Å². The van der Waals surface area contributed by atoms with E-state index >= 15 is 0 Å². The maximum absolute atomic E-state index is 13.3. The maximum atomic E-state index is 13.3. The highest BCUT2D eigenvalue weighted by molar-refractivity contribution is 7.14. The Balaban J connectivity index is 1.20. The molecule has 4 aromatic rings. The lowest BCUT2D eigenvalue weighted by Gasteiger charge is -2.34. The molecule has 2 heterocycles. The number of unbranched alkanes of at least 4 members (excludes halogenated alkanes) is 4. The quantitative estimate of drug-likeness (QED) is 0.113. The molecule has 0 radical (unpaired) electrons. The highest BCUT2D eigenvalue weighted by atomic mass is 32.1. The summed E-state index contributed by atoms with van der Waals surface area (Å²) in [7, 11) is 0. The predicted molar refractivity (Wildman–Crippen MR) is 194 cm³/mol. The minimum absolute atomic E-state index is 0.0417. The second kappa shape index (κ2) is 16.3. The van der Waals surface area contributed by atoms with E-state index in [4.69, 9.17) is 10.5 Å². The average molecular weight is 668 g/mol. The molecule has 5 rings (SSSR count). The number of nitrogens with zero attached hydrogens (tertiary/aromatic N) is 2. The summed E-state index contributed by atoms with van der Waals surface area (Å²) >= 11 is 1.46. The number of amides is 2. The van der Waals surface area contributed by atoms with E-state index in [0.717, 1.165) is 58.7 Å². The molecule has 0 saturated heterocycles. The molecular weight excluding hydrogens is 619 g/mol. The minimum Gasteiger partial charge on any atom is -0.494 e. The number of benzene rings is 2. The van der Waals surface area contributed by atoms with E-state index in [1.54, 1.807) is 0 Å². The second-order valence-corrected chi connectivity index (χ2v) is 14.9. The van der Waals surface area contributed by atoms with Crippen LogP contribution in [0.1, 0.15) is 92.8 Å². The van der Waals surface area contributed by atoms with Gasteiger partial charge in [0.2, 0.25) is 5.91 Å². The van der Waals surface area contributed by atoms with Crippen LogP contribution in [0.4, 0.5) is 0 Å². The van der Waals surface area contributed by atoms with Crippen LogP contribution in [0.2, 0.25) is 0 Å². The first-order valence-corrected chi connectivity index (χ1v) is 18.0. The molecule has 4 N–H and O–H groups in total. The highest BCUT2D eigenvalue weighted by Gasteiger charge is 2.31. The zero-order valence-electron chi connectivity index (χ0n) is 28.6. The van der Waals surface area contributed by atoms with Gasteiger partial charge in [0.05, 0.1) is 11.5 Å². The molecule has 0 bridgehead atoms. The van der Waals surface area contributed by atoms with Gasteiger partial charge in [0, 0.05) is 46.9 Å². The van der Waals surface area contributed by atoms with Gasteiger partial charge in [-0.15, -0.1) is 11.3 Å². The highest BCUT2D eigenvalue weighted by Crippen LogP contribution is 2.30. The zero-order chi connectivity index (χ0) is 34.1. The van der Waals surface area contributed by atoms with Crippen molar-refractivity contribution in [2.24, 2.45) is 5.73 Å². The van der Waals surface area contributed by atoms with Crippen LogP contribution in [0, 0.1) is 0 Å². The fourth-order valence-corrected chi connectivity index (χ4v) is 6.64. The minimum atomic E-state index is -0.724. The summed E-state index contributed by atoms with van der Waals surface area (Å²) in [5, 5.41) is 6.07. The van der Waals surface area contributed by atoms with Gasteiger partial charge in [-0.1, -0.05) is 89.8 Å². The van der Waals surface area contributed by atoms with E-state index in [1.165, 1.54) is 37.0 Å². The molecule has 0 unspecified atom stereocenters. The van der Waals surface area contributed by atoms with E-state index in [-0.39, 0.29) is 29.3 Å². The molecule has 1 aliphatic rings. The van der Waals surface area contributed by atoms with Gasteiger partial charge in [-0.25, -0.2) is 9.97 Å². The van der Waals surface area contributed by atoms with Gasteiger partial charge < -0.3 is 21.1 Å². The number of hydrogen-bond donors (Lipinski definition) is 3. The van der Waals surface area contributed by atoms with Crippen molar-refractivity contribution in [3.05, 3.63) is 88.4 Å². The monoisotopic (exact) mass is 667 g/mol. The summed E-state index contributed by atoms with van der Waals surface area (Å²) in [5.41, 5.74) is 9.63. The molecule has 48 heavy (non-hydrogen) atoms. The Hall–Kier alpha value is -4.08. The van der Waals surface area contributed by atoms with Gasteiger partial charge in [-0.3, -0.25) is 9.59 Å². The fraction of sp³-hybridized carbons (Fsp3) is 0.436. The van der Waals surface area contributed by atoms with Gasteiger partial charge in [-0.2, -0.15) is 0 Å². The molecule has 2 amide bonds. The summed E-state index contributed by atoms with van der Waals surface area (Å²) in [6.07, 6.45) is 11.6. The maximum Gasteiger partial charge on any atom is 0.262 e. The lowest BCUT2D eigenvalue weighted by atomic mass is 9.87. The zero-order valence-corrected chi connectivity index (χ0v) is 29.4. The van der Waals surface area contributed by atoms with Crippen LogP contribution in [0.25, 0.3) is 22.5 Å². The van der Waals surface area contributed by atoms with Crippen LogP contribution in [0.15, 0.2) is 73.1 Å².